The topological polar surface area (TPSA) is 46.1 Å². The van der Waals surface area contributed by atoms with Crippen LogP contribution in [0.4, 0.5) is 5.95 Å². The molecule has 0 radical (unpaired) electrons. The van der Waals surface area contributed by atoms with Gasteiger partial charge in [-0.3, -0.25) is 9.69 Å². The molecule has 0 aliphatic carbocycles. The van der Waals surface area contributed by atoms with Crippen LogP contribution in [-0.4, -0.2) is 21.9 Å². The third-order valence-electron chi connectivity index (χ3n) is 3.96. The average Bonchev–Trinajstić information content (AvgIpc) is 2.54. The van der Waals surface area contributed by atoms with Crippen molar-refractivity contribution in [1.82, 2.24) is 9.97 Å². The number of carbonyl (C=O) groups excluding carboxylic acids is 1. The first-order valence-electron chi connectivity index (χ1n) is 8.76. The summed E-state index contributed by atoms with van der Waals surface area (Å²) in [6, 6.07) is 0.153. The molecule has 1 unspecified atom stereocenters. The Hall–Kier alpha value is -1.45. The Morgan fingerprint density at radius 3 is 2.27 bits per heavy atom. The van der Waals surface area contributed by atoms with Crippen molar-refractivity contribution >= 4 is 11.9 Å². The van der Waals surface area contributed by atoms with Gasteiger partial charge in [0.05, 0.1) is 0 Å². The lowest BCUT2D eigenvalue weighted by atomic mass is 10.1. The van der Waals surface area contributed by atoms with Gasteiger partial charge in [-0.1, -0.05) is 46.5 Å². The number of aromatic nitrogens is 2. The molecule has 0 aliphatic heterocycles. The molecule has 1 atom stereocenters. The van der Waals surface area contributed by atoms with Gasteiger partial charge in [0.1, 0.15) is 0 Å². The Kier molecular flexibility index (Phi) is 8.71. The molecule has 124 valence electrons. The number of aryl methyl sites for hydroxylation is 1. The molecule has 0 aromatic carbocycles. The van der Waals surface area contributed by atoms with Crippen molar-refractivity contribution in [1.29, 1.82) is 0 Å². The number of hydrogen-bond donors (Lipinski definition) is 0. The van der Waals surface area contributed by atoms with E-state index in [-0.39, 0.29) is 11.9 Å². The van der Waals surface area contributed by atoms with Crippen LogP contribution in [0.15, 0.2) is 12.4 Å². The van der Waals surface area contributed by atoms with E-state index in [0.717, 1.165) is 37.7 Å². The van der Waals surface area contributed by atoms with Crippen LogP contribution in [0.2, 0.25) is 0 Å². The number of unbranched alkanes of at least 4 members (excludes halogenated alkanes) is 3. The molecule has 0 bridgehead atoms. The predicted octanol–water partition coefficient (Wildman–Crippen LogP) is 4.53. The van der Waals surface area contributed by atoms with Crippen LogP contribution in [0.3, 0.4) is 0 Å². The maximum atomic E-state index is 12.3. The lowest BCUT2D eigenvalue weighted by Crippen LogP contribution is -2.39. The van der Waals surface area contributed by atoms with E-state index in [1.807, 2.05) is 19.3 Å². The van der Waals surface area contributed by atoms with Crippen molar-refractivity contribution < 1.29 is 4.79 Å². The van der Waals surface area contributed by atoms with E-state index >= 15 is 0 Å². The zero-order valence-electron chi connectivity index (χ0n) is 14.6. The monoisotopic (exact) mass is 305 g/mol. The fourth-order valence-corrected chi connectivity index (χ4v) is 2.53. The van der Waals surface area contributed by atoms with Crippen molar-refractivity contribution in [2.75, 3.05) is 4.90 Å². The van der Waals surface area contributed by atoms with E-state index in [2.05, 4.69) is 30.7 Å². The number of anilines is 1. The molecule has 0 saturated carbocycles. The summed E-state index contributed by atoms with van der Waals surface area (Å²) in [4.78, 5) is 23.0. The molecule has 1 aromatic heterocycles. The molecule has 1 heterocycles. The van der Waals surface area contributed by atoms with Crippen LogP contribution in [0.1, 0.15) is 78.2 Å². The zero-order valence-corrected chi connectivity index (χ0v) is 14.6. The summed E-state index contributed by atoms with van der Waals surface area (Å²) in [7, 11) is 0. The highest BCUT2D eigenvalue weighted by Gasteiger charge is 2.22. The Morgan fingerprint density at radius 1 is 1.09 bits per heavy atom. The third kappa shape index (κ3) is 5.74. The van der Waals surface area contributed by atoms with Gasteiger partial charge < -0.3 is 0 Å². The fraction of sp³-hybridized carbons (Fsp3) is 0.722. The van der Waals surface area contributed by atoms with Gasteiger partial charge >= 0.3 is 0 Å². The Balaban J connectivity index is 2.80. The van der Waals surface area contributed by atoms with Gasteiger partial charge in [0.15, 0.2) is 0 Å². The number of amides is 1. The molecule has 0 fully saturated rings. The molecule has 0 spiro atoms. The summed E-state index contributed by atoms with van der Waals surface area (Å²) in [6.45, 7) is 8.36. The molecule has 22 heavy (non-hydrogen) atoms. The molecule has 1 amide bonds. The summed E-state index contributed by atoms with van der Waals surface area (Å²) in [5, 5.41) is 0. The van der Waals surface area contributed by atoms with E-state index in [9.17, 15) is 4.79 Å². The van der Waals surface area contributed by atoms with E-state index < -0.39 is 0 Å². The minimum absolute atomic E-state index is 0.102. The van der Waals surface area contributed by atoms with E-state index in [1.54, 1.807) is 4.90 Å². The summed E-state index contributed by atoms with van der Waals surface area (Å²) in [5.41, 5.74) is 1.15. The molecule has 0 N–H and O–H groups in total. The second-order valence-corrected chi connectivity index (χ2v) is 5.96. The standard InChI is InChI=1S/C18H31N3O/c1-5-8-10-11-15(4)21(17(22)7-3)18-19-13-16(14-20-18)12-9-6-2/h13-15H,5-12H2,1-4H3. The third-order valence-corrected chi connectivity index (χ3v) is 3.96. The van der Waals surface area contributed by atoms with Gasteiger partial charge in [-0.25, -0.2) is 9.97 Å². The molecule has 1 rings (SSSR count). The van der Waals surface area contributed by atoms with Crippen LogP contribution < -0.4 is 4.90 Å². The number of hydrogen-bond acceptors (Lipinski definition) is 3. The number of nitrogens with zero attached hydrogens (tertiary/aromatic N) is 3. The number of carbonyl (C=O) groups is 1. The van der Waals surface area contributed by atoms with Crippen LogP contribution in [0.25, 0.3) is 0 Å². The maximum absolute atomic E-state index is 12.3. The second-order valence-electron chi connectivity index (χ2n) is 5.96. The van der Waals surface area contributed by atoms with E-state index in [4.69, 9.17) is 0 Å². The summed E-state index contributed by atoms with van der Waals surface area (Å²) in [5.74, 6) is 0.654. The van der Waals surface area contributed by atoms with Crippen LogP contribution in [-0.2, 0) is 11.2 Å². The molecule has 0 saturated heterocycles. The summed E-state index contributed by atoms with van der Waals surface area (Å²) in [6.07, 6.45) is 12.1. The maximum Gasteiger partial charge on any atom is 0.232 e. The molecule has 0 aliphatic rings. The molecule has 4 heteroatoms. The fourth-order valence-electron chi connectivity index (χ4n) is 2.53. The second kappa shape index (κ2) is 10.3. The largest absolute Gasteiger partial charge is 0.278 e. The Bertz CT molecular complexity index is 430. The minimum Gasteiger partial charge on any atom is -0.278 e. The molecular weight excluding hydrogens is 274 g/mol. The van der Waals surface area contributed by atoms with Gasteiger partial charge in [-0.2, -0.15) is 0 Å². The van der Waals surface area contributed by atoms with Crippen LogP contribution >= 0.6 is 0 Å². The highest BCUT2D eigenvalue weighted by Crippen LogP contribution is 2.18. The minimum atomic E-state index is 0.102. The average molecular weight is 305 g/mol. The predicted molar refractivity (Wildman–Crippen MR) is 92.0 cm³/mol. The van der Waals surface area contributed by atoms with Crippen molar-refractivity contribution in [3.05, 3.63) is 18.0 Å². The zero-order chi connectivity index (χ0) is 16.4. The van der Waals surface area contributed by atoms with Crippen LogP contribution in [0, 0.1) is 0 Å². The van der Waals surface area contributed by atoms with Crippen molar-refractivity contribution in [3.63, 3.8) is 0 Å². The van der Waals surface area contributed by atoms with Crippen molar-refractivity contribution in [2.45, 2.75) is 85.1 Å². The molecule has 4 nitrogen and oxygen atoms in total. The first kappa shape index (κ1) is 18.6. The van der Waals surface area contributed by atoms with Crippen molar-refractivity contribution in [2.24, 2.45) is 0 Å². The first-order chi connectivity index (χ1) is 10.6. The van der Waals surface area contributed by atoms with Gasteiger partial charge in [-0.05, 0) is 31.7 Å². The van der Waals surface area contributed by atoms with Gasteiger partial charge in [-0.15, -0.1) is 0 Å². The van der Waals surface area contributed by atoms with Gasteiger partial charge in [0.2, 0.25) is 11.9 Å². The highest BCUT2D eigenvalue weighted by atomic mass is 16.2. The molecule has 1 aromatic rings. The van der Waals surface area contributed by atoms with E-state index in [1.165, 1.54) is 12.8 Å². The number of rotatable bonds is 10. The van der Waals surface area contributed by atoms with Crippen molar-refractivity contribution in [3.8, 4) is 0 Å². The lowest BCUT2D eigenvalue weighted by Gasteiger charge is -2.27. The summed E-state index contributed by atoms with van der Waals surface area (Å²) < 4.78 is 0. The smallest absolute Gasteiger partial charge is 0.232 e. The Morgan fingerprint density at radius 2 is 1.73 bits per heavy atom. The quantitative estimate of drug-likeness (QED) is 0.597. The van der Waals surface area contributed by atoms with Gasteiger partial charge in [0, 0.05) is 24.9 Å². The van der Waals surface area contributed by atoms with Crippen LogP contribution in [0.5, 0.6) is 0 Å². The normalized spacial score (nSPS) is 12.2. The Labute approximate surface area is 135 Å². The highest BCUT2D eigenvalue weighted by molar-refractivity contribution is 5.91. The molecular formula is C18H31N3O. The lowest BCUT2D eigenvalue weighted by molar-refractivity contribution is -0.118. The summed E-state index contributed by atoms with van der Waals surface area (Å²) >= 11 is 0. The SMILES string of the molecule is CCCCCC(C)N(C(=O)CC)c1ncc(CCCC)cn1. The van der Waals surface area contributed by atoms with Gasteiger partial charge in [0.25, 0.3) is 0 Å². The van der Waals surface area contributed by atoms with E-state index in [0.29, 0.717) is 12.4 Å². The first-order valence-corrected chi connectivity index (χ1v) is 8.76.